The van der Waals surface area contributed by atoms with Crippen molar-refractivity contribution in [3.05, 3.63) is 108 Å². The first-order chi connectivity index (χ1) is 21.3. The van der Waals surface area contributed by atoms with E-state index in [9.17, 15) is 9.59 Å². The minimum absolute atomic E-state index is 0.00876. The summed E-state index contributed by atoms with van der Waals surface area (Å²) in [5, 5.41) is 8.31. The summed E-state index contributed by atoms with van der Waals surface area (Å²) < 4.78 is 11.5. The van der Waals surface area contributed by atoms with E-state index < -0.39 is 0 Å². The van der Waals surface area contributed by atoms with Crippen LogP contribution in [-0.4, -0.2) is 33.9 Å². The minimum atomic E-state index is -0.344. The van der Waals surface area contributed by atoms with Crippen molar-refractivity contribution in [3.63, 3.8) is 0 Å². The molecule has 0 spiro atoms. The molecule has 0 radical (unpaired) electrons. The normalized spacial score (nSPS) is 14.0. The van der Waals surface area contributed by atoms with Crippen LogP contribution in [0.4, 0.5) is 0 Å². The number of carbonyl (C=O) groups is 2. The highest BCUT2D eigenvalue weighted by Gasteiger charge is 2.49. The van der Waals surface area contributed by atoms with Crippen LogP contribution in [0.1, 0.15) is 77.4 Å². The van der Waals surface area contributed by atoms with Crippen molar-refractivity contribution >= 4 is 28.1 Å². The number of H-pyrrole nitrogens is 1. The van der Waals surface area contributed by atoms with Gasteiger partial charge in [0.1, 0.15) is 22.9 Å². The van der Waals surface area contributed by atoms with Gasteiger partial charge in [0, 0.05) is 40.3 Å². The maximum atomic E-state index is 13.7. The molecule has 0 unspecified atom stereocenters. The van der Waals surface area contributed by atoms with Crippen LogP contribution in [0.3, 0.4) is 0 Å². The fourth-order valence-electron chi connectivity index (χ4n) is 5.82. The van der Waals surface area contributed by atoms with Gasteiger partial charge in [0.15, 0.2) is 17.4 Å². The van der Waals surface area contributed by atoms with Crippen molar-refractivity contribution in [2.24, 2.45) is 0 Å². The van der Waals surface area contributed by atoms with Crippen LogP contribution in [-0.2, 0) is 5.41 Å². The monoisotopic (exact) mass is 585 g/mol. The van der Waals surface area contributed by atoms with Gasteiger partial charge in [0.25, 0.3) is 0 Å². The van der Waals surface area contributed by atoms with E-state index in [0.717, 1.165) is 57.6 Å². The zero-order chi connectivity index (χ0) is 31.0. The van der Waals surface area contributed by atoms with Crippen LogP contribution in [0.15, 0.2) is 83.8 Å². The van der Waals surface area contributed by atoms with E-state index in [4.69, 9.17) is 14.1 Å². The molecule has 0 saturated heterocycles. The number of aromatic amines is 1. The third-order valence-corrected chi connectivity index (χ3v) is 8.62. The summed E-state index contributed by atoms with van der Waals surface area (Å²) in [6, 6.07) is 19.3. The molecule has 6 rings (SSSR count). The zero-order valence-electron chi connectivity index (χ0n) is 25.5. The predicted molar refractivity (Wildman–Crippen MR) is 173 cm³/mol. The second kappa shape index (κ2) is 11.6. The molecule has 2 heterocycles. The van der Waals surface area contributed by atoms with Crippen molar-refractivity contribution in [1.29, 1.82) is 0 Å². The topological polar surface area (TPSA) is 98.1 Å². The van der Waals surface area contributed by atoms with Gasteiger partial charge in [-0.05, 0) is 73.7 Å². The third kappa shape index (κ3) is 5.19. The van der Waals surface area contributed by atoms with Gasteiger partial charge in [-0.2, -0.15) is 5.10 Å². The maximum Gasteiger partial charge on any atom is 0.181 e. The average molecular weight is 586 g/mol. The zero-order valence-corrected chi connectivity index (χ0v) is 25.5. The van der Waals surface area contributed by atoms with E-state index in [2.05, 4.69) is 16.8 Å². The van der Waals surface area contributed by atoms with E-state index in [1.54, 1.807) is 13.2 Å². The number of allylic oxidation sites excluding steroid dienone is 3. The SMILES string of the molecule is C=C/C(=C\C)c1oc2ccc(-c3cc(C(=O)CC4(c5nc(-c6cccc(OC)c6)n[nH]5)CC4)ccc3C)cc2c1C(=O)CC. The number of hydrogen-bond donors (Lipinski definition) is 1. The van der Waals surface area contributed by atoms with Crippen molar-refractivity contribution in [3.8, 4) is 28.3 Å². The van der Waals surface area contributed by atoms with Crippen LogP contribution in [0.25, 0.3) is 39.1 Å². The Kier molecular flexibility index (Phi) is 7.64. The highest BCUT2D eigenvalue weighted by molar-refractivity contribution is 6.12. The fourth-order valence-corrected chi connectivity index (χ4v) is 5.82. The first kappa shape index (κ1) is 29.1. The number of methoxy groups -OCH3 is 1. The van der Waals surface area contributed by atoms with E-state index in [0.29, 0.717) is 41.1 Å². The smallest absolute Gasteiger partial charge is 0.181 e. The molecule has 44 heavy (non-hydrogen) atoms. The molecule has 2 aromatic heterocycles. The summed E-state index contributed by atoms with van der Waals surface area (Å²) in [7, 11) is 1.63. The number of furan rings is 1. The second-order valence-electron chi connectivity index (χ2n) is 11.4. The number of nitrogens with one attached hydrogen (secondary N) is 1. The summed E-state index contributed by atoms with van der Waals surface area (Å²) in [5.41, 5.74) is 6.04. The molecule has 0 bridgehead atoms. The van der Waals surface area contributed by atoms with E-state index in [-0.39, 0.29) is 17.0 Å². The number of ketones is 2. The van der Waals surface area contributed by atoms with Crippen LogP contribution in [0, 0.1) is 6.92 Å². The van der Waals surface area contributed by atoms with Crippen LogP contribution < -0.4 is 4.74 Å². The largest absolute Gasteiger partial charge is 0.497 e. The third-order valence-electron chi connectivity index (χ3n) is 8.62. The summed E-state index contributed by atoms with van der Waals surface area (Å²) in [5.74, 6) is 2.67. The van der Waals surface area contributed by atoms with Gasteiger partial charge in [-0.3, -0.25) is 14.7 Å². The van der Waals surface area contributed by atoms with E-state index in [1.165, 1.54) is 0 Å². The van der Waals surface area contributed by atoms with E-state index in [1.807, 2.05) is 87.5 Å². The summed E-state index contributed by atoms with van der Waals surface area (Å²) in [6.07, 6.45) is 6.04. The molecule has 1 aliphatic rings. The Bertz CT molecular complexity index is 1950. The van der Waals surface area contributed by atoms with Gasteiger partial charge in [0.2, 0.25) is 0 Å². The number of benzene rings is 3. The molecule has 222 valence electrons. The van der Waals surface area contributed by atoms with Crippen molar-refractivity contribution < 1.29 is 18.7 Å². The molecule has 0 amide bonds. The standard InChI is InChI=1S/C37H35N3O4/c1-6-23(7-2)34-33(30(41)8-3)29-19-24(14-15-32(29)44-34)28-20-25(13-12-22(28)4)31(42)21-37(16-17-37)36-38-35(39-40-36)26-10-9-11-27(18-26)43-5/h6-7,9-15,18-20H,1,8,16-17,21H2,2-5H3,(H,38,39,40)/b23-7+. The maximum absolute atomic E-state index is 13.7. The number of carbonyl (C=O) groups excluding carboxylic acids is 2. The fraction of sp³-hybridized carbons (Fsp3) is 0.243. The molecule has 1 aliphatic carbocycles. The molecule has 1 fully saturated rings. The molecule has 7 heteroatoms. The van der Waals surface area contributed by atoms with Gasteiger partial charge >= 0.3 is 0 Å². The average Bonchev–Trinajstić information content (AvgIpc) is 3.47. The van der Waals surface area contributed by atoms with Crippen LogP contribution in [0.2, 0.25) is 0 Å². The highest BCUT2D eigenvalue weighted by atomic mass is 16.5. The van der Waals surface area contributed by atoms with Crippen LogP contribution >= 0.6 is 0 Å². The molecule has 1 N–H and O–H groups in total. The van der Waals surface area contributed by atoms with Crippen molar-refractivity contribution in [1.82, 2.24) is 15.2 Å². The quantitative estimate of drug-likeness (QED) is 0.123. The van der Waals surface area contributed by atoms with Gasteiger partial charge in [-0.25, -0.2) is 4.98 Å². The molecule has 0 atom stereocenters. The lowest BCUT2D eigenvalue weighted by atomic mass is 9.91. The Hall–Kier alpha value is -5.04. The Morgan fingerprint density at radius 1 is 1.07 bits per heavy atom. The van der Waals surface area contributed by atoms with E-state index >= 15 is 0 Å². The lowest BCUT2D eigenvalue weighted by molar-refractivity contribution is 0.0965. The first-order valence-corrected chi connectivity index (χ1v) is 14.9. The van der Waals surface area contributed by atoms with Gasteiger partial charge in [-0.15, -0.1) is 0 Å². The highest BCUT2D eigenvalue weighted by Crippen LogP contribution is 2.50. The number of aryl methyl sites for hydroxylation is 1. The van der Waals surface area contributed by atoms with Crippen molar-refractivity contribution in [2.45, 2.75) is 51.9 Å². The number of ether oxygens (including phenoxy) is 1. The minimum Gasteiger partial charge on any atom is -0.497 e. The summed E-state index contributed by atoms with van der Waals surface area (Å²) >= 11 is 0. The van der Waals surface area contributed by atoms with Gasteiger partial charge < -0.3 is 9.15 Å². The van der Waals surface area contributed by atoms with Gasteiger partial charge in [-0.1, -0.05) is 56.0 Å². The molecular formula is C37H35N3O4. The Morgan fingerprint density at radius 3 is 2.59 bits per heavy atom. The number of hydrogen-bond acceptors (Lipinski definition) is 6. The molecule has 3 aromatic carbocycles. The molecule has 1 saturated carbocycles. The number of Topliss-reactive ketones (excluding diaryl/α,β-unsaturated/α-hetero) is 2. The lowest BCUT2D eigenvalue weighted by Crippen LogP contribution is -2.15. The lowest BCUT2D eigenvalue weighted by Gasteiger charge is -2.13. The Labute approximate surface area is 256 Å². The molecule has 7 nitrogen and oxygen atoms in total. The van der Waals surface area contributed by atoms with Crippen LogP contribution in [0.5, 0.6) is 5.75 Å². The molecular weight excluding hydrogens is 550 g/mol. The number of aromatic nitrogens is 3. The predicted octanol–water partition coefficient (Wildman–Crippen LogP) is 8.69. The number of fused-ring (bicyclic) bond motifs is 1. The summed E-state index contributed by atoms with van der Waals surface area (Å²) in [6.45, 7) is 9.67. The van der Waals surface area contributed by atoms with Gasteiger partial charge in [0.05, 0.1) is 12.7 Å². The summed E-state index contributed by atoms with van der Waals surface area (Å²) in [4.78, 5) is 31.6. The first-order valence-electron chi connectivity index (χ1n) is 14.9. The van der Waals surface area contributed by atoms with Crippen molar-refractivity contribution in [2.75, 3.05) is 7.11 Å². The molecule has 5 aromatic rings. The number of rotatable bonds is 11. The Morgan fingerprint density at radius 2 is 1.89 bits per heavy atom. The second-order valence-corrected chi connectivity index (χ2v) is 11.4. The molecule has 0 aliphatic heterocycles. The number of nitrogens with zero attached hydrogens (tertiary/aromatic N) is 2. The Balaban J connectivity index is 1.30.